The standard InChI is InChI=1S/C13H22N2O2S/c1-9(2)7-8-15-18(16,17)13-10(3)5-6-12(14)11(13)4/h5-6,9,15H,7-8,14H2,1-4H3. The lowest BCUT2D eigenvalue weighted by atomic mass is 10.1. The molecule has 0 spiro atoms. The van der Waals surface area contributed by atoms with Crippen molar-refractivity contribution < 1.29 is 8.42 Å². The maximum atomic E-state index is 12.2. The number of nitrogens with two attached hydrogens (primary N) is 1. The summed E-state index contributed by atoms with van der Waals surface area (Å²) in [6.07, 6.45) is 0.819. The Morgan fingerprint density at radius 2 is 1.89 bits per heavy atom. The molecular weight excluding hydrogens is 248 g/mol. The van der Waals surface area contributed by atoms with E-state index < -0.39 is 10.0 Å². The molecule has 5 heteroatoms. The number of aryl methyl sites for hydroxylation is 1. The van der Waals surface area contributed by atoms with Gasteiger partial charge in [0.05, 0.1) is 4.90 Å². The second kappa shape index (κ2) is 5.71. The molecule has 0 aliphatic carbocycles. The van der Waals surface area contributed by atoms with Crippen LogP contribution in [0.2, 0.25) is 0 Å². The van der Waals surface area contributed by atoms with Crippen LogP contribution >= 0.6 is 0 Å². The number of nitrogens with one attached hydrogen (secondary N) is 1. The Kier molecular flexibility index (Phi) is 4.76. The summed E-state index contributed by atoms with van der Waals surface area (Å²) < 4.78 is 27.1. The number of sulfonamides is 1. The third kappa shape index (κ3) is 3.46. The van der Waals surface area contributed by atoms with Crippen molar-refractivity contribution in [1.29, 1.82) is 0 Å². The van der Waals surface area contributed by atoms with Crippen molar-refractivity contribution in [3.8, 4) is 0 Å². The minimum atomic E-state index is -3.47. The minimum Gasteiger partial charge on any atom is -0.398 e. The van der Waals surface area contributed by atoms with Crippen molar-refractivity contribution >= 4 is 15.7 Å². The van der Waals surface area contributed by atoms with Gasteiger partial charge in [-0.05, 0) is 43.4 Å². The molecule has 18 heavy (non-hydrogen) atoms. The number of hydrogen-bond acceptors (Lipinski definition) is 3. The van der Waals surface area contributed by atoms with E-state index in [4.69, 9.17) is 5.73 Å². The fraction of sp³-hybridized carbons (Fsp3) is 0.538. The zero-order chi connectivity index (χ0) is 13.9. The maximum absolute atomic E-state index is 12.2. The van der Waals surface area contributed by atoms with Gasteiger partial charge in [-0.25, -0.2) is 13.1 Å². The Balaban J connectivity index is 3.02. The Morgan fingerprint density at radius 1 is 1.28 bits per heavy atom. The quantitative estimate of drug-likeness (QED) is 0.806. The SMILES string of the molecule is Cc1ccc(N)c(C)c1S(=O)(=O)NCCC(C)C. The number of anilines is 1. The van der Waals surface area contributed by atoms with E-state index in [1.54, 1.807) is 26.0 Å². The molecule has 0 heterocycles. The van der Waals surface area contributed by atoms with Gasteiger partial charge in [-0.1, -0.05) is 19.9 Å². The maximum Gasteiger partial charge on any atom is 0.241 e. The summed E-state index contributed by atoms with van der Waals surface area (Å²) in [5.74, 6) is 0.468. The highest BCUT2D eigenvalue weighted by Crippen LogP contribution is 2.24. The van der Waals surface area contributed by atoms with Crippen molar-refractivity contribution in [2.75, 3.05) is 12.3 Å². The van der Waals surface area contributed by atoms with Gasteiger partial charge in [0.25, 0.3) is 0 Å². The molecule has 0 aliphatic rings. The van der Waals surface area contributed by atoms with Crippen LogP contribution in [-0.2, 0) is 10.0 Å². The number of rotatable bonds is 5. The average molecular weight is 270 g/mol. The Morgan fingerprint density at radius 3 is 2.44 bits per heavy atom. The molecular formula is C13H22N2O2S. The van der Waals surface area contributed by atoms with Crippen molar-refractivity contribution in [1.82, 2.24) is 4.72 Å². The van der Waals surface area contributed by atoms with Gasteiger partial charge in [0, 0.05) is 12.2 Å². The molecule has 4 nitrogen and oxygen atoms in total. The van der Waals surface area contributed by atoms with Gasteiger partial charge in [0.15, 0.2) is 0 Å². The molecule has 0 atom stereocenters. The first-order valence-electron chi connectivity index (χ1n) is 6.11. The highest BCUT2D eigenvalue weighted by atomic mass is 32.2. The van der Waals surface area contributed by atoms with Gasteiger partial charge in [0.2, 0.25) is 10.0 Å². The summed E-state index contributed by atoms with van der Waals surface area (Å²) in [5.41, 5.74) is 7.61. The number of hydrogen-bond donors (Lipinski definition) is 2. The largest absolute Gasteiger partial charge is 0.398 e. The van der Waals surface area contributed by atoms with Crippen LogP contribution in [0.25, 0.3) is 0 Å². The molecule has 0 bridgehead atoms. The first-order chi connectivity index (χ1) is 8.25. The molecule has 1 rings (SSSR count). The Labute approximate surface area is 110 Å². The fourth-order valence-electron chi connectivity index (χ4n) is 1.81. The summed E-state index contributed by atoms with van der Waals surface area (Å²) in [6.45, 7) is 8.09. The number of benzene rings is 1. The van der Waals surface area contributed by atoms with E-state index in [-0.39, 0.29) is 0 Å². The van der Waals surface area contributed by atoms with Crippen LogP contribution in [0, 0.1) is 19.8 Å². The number of nitrogen functional groups attached to an aromatic ring is 1. The zero-order valence-electron chi connectivity index (χ0n) is 11.4. The van der Waals surface area contributed by atoms with Crippen LogP contribution < -0.4 is 10.5 Å². The van der Waals surface area contributed by atoms with E-state index >= 15 is 0 Å². The predicted molar refractivity (Wildman–Crippen MR) is 75.0 cm³/mol. The molecule has 1 aromatic rings. The van der Waals surface area contributed by atoms with Gasteiger partial charge >= 0.3 is 0 Å². The van der Waals surface area contributed by atoms with E-state index in [2.05, 4.69) is 18.6 Å². The molecule has 0 aliphatic heterocycles. The van der Waals surface area contributed by atoms with E-state index in [1.807, 2.05) is 0 Å². The molecule has 102 valence electrons. The second-order valence-corrected chi connectivity index (χ2v) is 6.71. The summed E-state index contributed by atoms with van der Waals surface area (Å²) in [4.78, 5) is 0.311. The van der Waals surface area contributed by atoms with Gasteiger partial charge < -0.3 is 5.73 Å². The van der Waals surface area contributed by atoms with Gasteiger partial charge in [-0.3, -0.25) is 0 Å². The molecule has 0 fully saturated rings. The molecule has 0 saturated heterocycles. The zero-order valence-corrected chi connectivity index (χ0v) is 12.3. The van der Waals surface area contributed by atoms with Crippen molar-refractivity contribution in [3.05, 3.63) is 23.3 Å². The van der Waals surface area contributed by atoms with Crippen LogP contribution in [0.5, 0.6) is 0 Å². The Hall–Kier alpha value is -1.07. The highest BCUT2D eigenvalue weighted by Gasteiger charge is 2.20. The van der Waals surface area contributed by atoms with Gasteiger partial charge in [-0.15, -0.1) is 0 Å². The molecule has 0 saturated carbocycles. The first kappa shape index (κ1) is 15.0. The van der Waals surface area contributed by atoms with E-state index in [9.17, 15) is 8.42 Å². The lowest BCUT2D eigenvalue weighted by molar-refractivity contribution is 0.551. The van der Waals surface area contributed by atoms with Crippen LogP contribution in [0.1, 0.15) is 31.4 Å². The lowest BCUT2D eigenvalue weighted by Gasteiger charge is -2.14. The van der Waals surface area contributed by atoms with Crippen LogP contribution in [0.3, 0.4) is 0 Å². The summed E-state index contributed by atoms with van der Waals surface area (Å²) >= 11 is 0. The summed E-state index contributed by atoms with van der Waals surface area (Å²) in [6, 6.07) is 3.47. The fourth-order valence-corrected chi connectivity index (χ4v) is 3.35. The summed E-state index contributed by atoms with van der Waals surface area (Å²) in [7, 11) is -3.47. The third-order valence-corrected chi connectivity index (χ3v) is 4.68. The minimum absolute atomic E-state index is 0.311. The first-order valence-corrected chi connectivity index (χ1v) is 7.59. The predicted octanol–water partition coefficient (Wildman–Crippen LogP) is 2.21. The highest BCUT2D eigenvalue weighted by molar-refractivity contribution is 7.89. The van der Waals surface area contributed by atoms with Crippen molar-refractivity contribution in [2.24, 2.45) is 5.92 Å². The van der Waals surface area contributed by atoms with Crippen molar-refractivity contribution in [3.63, 3.8) is 0 Å². The van der Waals surface area contributed by atoms with Crippen molar-refractivity contribution in [2.45, 2.75) is 39.0 Å². The normalized spacial score (nSPS) is 12.1. The average Bonchev–Trinajstić information content (AvgIpc) is 2.23. The molecule has 0 unspecified atom stereocenters. The molecule has 0 aromatic heterocycles. The van der Waals surface area contributed by atoms with E-state index in [1.165, 1.54) is 0 Å². The molecule has 0 radical (unpaired) electrons. The molecule has 3 N–H and O–H groups in total. The topological polar surface area (TPSA) is 72.2 Å². The second-order valence-electron chi connectivity index (χ2n) is 5.01. The monoisotopic (exact) mass is 270 g/mol. The lowest BCUT2D eigenvalue weighted by Crippen LogP contribution is -2.27. The van der Waals surface area contributed by atoms with Crippen LogP contribution in [0.15, 0.2) is 17.0 Å². The summed E-state index contributed by atoms with van der Waals surface area (Å²) in [5, 5.41) is 0. The Bertz CT molecular complexity index is 522. The third-order valence-electron chi connectivity index (χ3n) is 2.93. The van der Waals surface area contributed by atoms with E-state index in [0.29, 0.717) is 28.6 Å². The molecule has 0 amide bonds. The molecule has 1 aromatic carbocycles. The van der Waals surface area contributed by atoms with Gasteiger partial charge in [0.1, 0.15) is 0 Å². The smallest absolute Gasteiger partial charge is 0.241 e. The van der Waals surface area contributed by atoms with E-state index in [0.717, 1.165) is 12.0 Å². The van der Waals surface area contributed by atoms with Crippen LogP contribution in [-0.4, -0.2) is 15.0 Å². The van der Waals surface area contributed by atoms with Gasteiger partial charge in [-0.2, -0.15) is 0 Å². The van der Waals surface area contributed by atoms with Crippen LogP contribution in [0.4, 0.5) is 5.69 Å².